The van der Waals surface area contributed by atoms with Crippen LogP contribution in [0.2, 0.25) is 0 Å². The Balaban J connectivity index is 1.30. The number of rotatable bonds is 4. The number of aromatic amines is 1. The van der Waals surface area contributed by atoms with E-state index in [0.29, 0.717) is 51.1 Å². The monoisotopic (exact) mass is 397 g/mol. The maximum absolute atomic E-state index is 13.0. The Labute approximate surface area is 169 Å². The number of aromatic nitrogens is 3. The van der Waals surface area contributed by atoms with E-state index in [2.05, 4.69) is 15.2 Å². The van der Waals surface area contributed by atoms with Crippen LogP contribution >= 0.6 is 0 Å². The molecule has 2 aliphatic heterocycles. The van der Waals surface area contributed by atoms with Crippen molar-refractivity contribution in [3.05, 3.63) is 47.5 Å². The van der Waals surface area contributed by atoms with Crippen molar-refractivity contribution in [2.24, 2.45) is 11.8 Å². The molecular formula is C21H27N5O3. The molecule has 0 aromatic carbocycles. The minimum Gasteiger partial charge on any atom is -0.391 e. The molecule has 2 N–H and O–H groups in total. The van der Waals surface area contributed by atoms with E-state index in [1.807, 2.05) is 13.0 Å². The van der Waals surface area contributed by atoms with Crippen LogP contribution in [0.25, 0.3) is 0 Å². The predicted octanol–water partition coefficient (Wildman–Crippen LogP) is 1.03. The molecule has 0 aliphatic carbocycles. The average Bonchev–Trinajstić information content (AvgIpc) is 3.33. The van der Waals surface area contributed by atoms with E-state index < -0.39 is 6.10 Å². The summed E-state index contributed by atoms with van der Waals surface area (Å²) < 4.78 is 0. The fourth-order valence-electron chi connectivity index (χ4n) is 4.32. The maximum Gasteiger partial charge on any atom is 0.272 e. The second-order valence-electron chi connectivity index (χ2n) is 8.10. The number of H-pyrrole nitrogens is 1. The highest BCUT2D eigenvalue weighted by atomic mass is 16.3. The lowest BCUT2D eigenvalue weighted by Gasteiger charge is -2.33. The Bertz CT molecular complexity index is 860. The predicted molar refractivity (Wildman–Crippen MR) is 106 cm³/mol. The SMILES string of the molecule is Cc1cc(C[C@@H]2CN(C(=O)C3CCN(C(=O)c4ccccn4)CC3)C[C@@H]2O)n[nH]1. The van der Waals surface area contributed by atoms with E-state index in [9.17, 15) is 14.7 Å². The zero-order chi connectivity index (χ0) is 20.4. The first kappa shape index (κ1) is 19.6. The van der Waals surface area contributed by atoms with E-state index >= 15 is 0 Å². The Kier molecular flexibility index (Phi) is 5.62. The summed E-state index contributed by atoms with van der Waals surface area (Å²) in [5.41, 5.74) is 2.35. The number of amides is 2. The lowest BCUT2D eigenvalue weighted by Crippen LogP contribution is -2.44. The van der Waals surface area contributed by atoms with Gasteiger partial charge in [0.05, 0.1) is 11.8 Å². The van der Waals surface area contributed by atoms with Crippen LogP contribution in [0.3, 0.4) is 0 Å². The van der Waals surface area contributed by atoms with E-state index in [1.54, 1.807) is 34.2 Å². The van der Waals surface area contributed by atoms with Gasteiger partial charge < -0.3 is 14.9 Å². The van der Waals surface area contributed by atoms with Crippen molar-refractivity contribution in [1.29, 1.82) is 0 Å². The van der Waals surface area contributed by atoms with Gasteiger partial charge in [0.25, 0.3) is 5.91 Å². The fraction of sp³-hybridized carbons (Fsp3) is 0.524. The highest BCUT2D eigenvalue weighted by molar-refractivity contribution is 5.92. The molecule has 2 aliphatic rings. The Morgan fingerprint density at radius 1 is 1.21 bits per heavy atom. The summed E-state index contributed by atoms with van der Waals surface area (Å²) in [4.78, 5) is 33.2. The van der Waals surface area contributed by atoms with Gasteiger partial charge in [-0.3, -0.25) is 19.7 Å². The van der Waals surface area contributed by atoms with Gasteiger partial charge >= 0.3 is 0 Å². The third kappa shape index (κ3) is 4.32. The molecule has 2 saturated heterocycles. The minimum atomic E-state index is -0.526. The van der Waals surface area contributed by atoms with Gasteiger partial charge in [-0.25, -0.2) is 0 Å². The van der Waals surface area contributed by atoms with Crippen LogP contribution in [0.15, 0.2) is 30.5 Å². The van der Waals surface area contributed by atoms with Crippen LogP contribution in [-0.2, 0) is 11.2 Å². The number of aryl methyl sites for hydroxylation is 1. The first-order valence-corrected chi connectivity index (χ1v) is 10.2. The van der Waals surface area contributed by atoms with Gasteiger partial charge in [-0.05, 0) is 44.4 Å². The van der Waals surface area contributed by atoms with Gasteiger partial charge in [-0.1, -0.05) is 6.07 Å². The van der Waals surface area contributed by atoms with Crippen LogP contribution in [0.1, 0.15) is 34.7 Å². The normalized spacial score (nSPS) is 22.8. The molecule has 4 rings (SSSR count). The third-order valence-electron chi connectivity index (χ3n) is 5.96. The molecule has 2 aromatic rings. The van der Waals surface area contributed by atoms with Crippen molar-refractivity contribution < 1.29 is 14.7 Å². The molecule has 8 heteroatoms. The molecular weight excluding hydrogens is 370 g/mol. The van der Waals surface area contributed by atoms with E-state index in [0.717, 1.165) is 11.4 Å². The summed E-state index contributed by atoms with van der Waals surface area (Å²) in [7, 11) is 0. The van der Waals surface area contributed by atoms with Crippen molar-refractivity contribution in [1.82, 2.24) is 25.0 Å². The number of pyridine rings is 1. The third-order valence-corrected chi connectivity index (χ3v) is 5.96. The highest BCUT2D eigenvalue weighted by Gasteiger charge is 2.38. The van der Waals surface area contributed by atoms with Gasteiger partial charge in [-0.2, -0.15) is 5.10 Å². The Morgan fingerprint density at radius 2 is 2.00 bits per heavy atom. The second-order valence-corrected chi connectivity index (χ2v) is 8.10. The van der Waals surface area contributed by atoms with Crippen LogP contribution in [-0.4, -0.2) is 74.2 Å². The van der Waals surface area contributed by atoms with Crippen molar-refractivity contribution in [2.75, 3.05) is 26.2 Å². The minimum absolute atomic E-state index is 0.00692. The molecule has 0 radical (unpaired) electrons. The van der Waals surface area contributed by atoms with Crippen molar-refractivity contribution in [3.63, 3.8) is 0 Å². The first-order chi connectivity index (χ1) is 14.0. The quantitative estimate of drug-likeness (QED) is 0.802. The fourth-order valence-corrected chi connectivity index (χ4v) is 4.32. The molecule has 4 heterocycles. The number of likely N-dealkylation sites (tertiary alicyclic amines) is 2. The smallest absolute Gasteiger partial charge is 0.272 e. The average molecular weight is 397 g/mol. The summed E-state index contributed by atoms with van der Waals surface area (Å²) in [6.45, 7) is 3.98. The van der Waals surface area contributed by atoms with Crippen molar-refractivity contribution in [2.45, 2.75) is 32.3 Å². The Hall–Kier alpha value is -2.74. The molecule has 0 unspecified atom stereocenters. The molecule has 154 valence electrons. The van der Waals surface area contributed by atoms with Crippen LogP contribution < -0.4 is 0 Å². The molecule has 0 spiro atoms. The van der Waals surface area contributed by atoms with Gasteiger partial charge in [0.1, 0.15) is 5.69 Å². The van der Waals surface area contributed by atoms with Crippen molar-refractivity contribution >= 4 is 11.8 Å². The lowest BCUT2D eigenvalue weighted by atomic mass is 9.95. The van der Waals surface area contributed by atoms with E-state index in [1.165, 1.54) is 0 Å². The number of β-amino-alcohol motifs (C(OH)–C–C–N with tert-alkyl or cyclic N) is 1. The number of nitrogens with zero attached hydrogens (tertiary/aromatic N) is 4. The van der Waals surface area contributed by atoms with Crippen LogP contribution in [0, 0.1) is 18.8 Å². The van der Waals surface area contributed by atoms with Crippen LogP contribution in [0.4, 0.5) is 0 Å². The maximum atomic E-state index is 13.0. The molecule has 29 heavy (non-hydrogen) atoms. The van der Waals surface area contributed by atoms with Gasteiger partial charge in [0.2, 0.25) is 5.91 Å². The topological polar surface area (TPSA) is 102 Å². The molecule has 0 bridgehead atoms. The molecule has 2 amide bonds. The summed E-state index contributed by atoms with van der Waals surface area (Å²) >= 11 is 0. The van der Waals surface area contributed by atoms with Crippen molar-refractivity contribution in [3.8, 4) is 0 Å². The number of hydrogen-bond acceptors (Lipinski definition) is 5. The van der Waals surface area contributed by atoms with Gasteiger partial charge in [-0.15, -0.1) is 0 Å². The number of hydrogen-bond donors (Lipinski definition) is 2. The summed E-state index contributed by atoms with van der Waals surface area (Å²) in [5, 5.41) is 17.6. The van der Waals surface area contributed by atoms with E-state index in [-0.39, 0.29) is 23.7 Å². The largest absolute Gasteiger partial charge is 0.391 e. The number of carbonyl (C=O) groups is 2. The number of carbonyl (C=O) groups excluding carboxylic acids is 2. The second kappa shape index (κ2) is 8.32. The summed E-state index contributed by atoms with van der Waals surface area (Å²) in [5.74, 6) is -0.0778. The number of piperidine rings is 1. The highest BCUT2D eigenvalue weighted by Crippen LogP contribution is 2.26. The summed E-state index contributed by atoms with van der Waals surface area (Å²) in [6.07, 6.45) is 3.04. The Morgan fingerprint density at radius 3 is 2.66 bits per heavy atom. The number of nitrogens with one attached hydrogen (secondary N) is 1. The molecule has 8 nitrogen and oxygen atoms in total. The first-order valence-electron chi connectivity index (χ1n) is 10.2. The van der Waals surface area contributed by atoms with Gasteiger partial charge in [0.15, 0.2) is 0 Å². The molecule has 0 saturated carbocycles. The molecule has 2 fully saturated rings. The standard InChI is InChI=1S/C21H27N5O3/c1-14-10-17(24-23-14)11-16-12-26(13-19(16)27)20(28)15-5-8-25(9-6-15)21(29)18-4-2-3-7-22-18/h2-4,7,10,15-16,19,27H,5-6,8-9,11-13H2,1H3,(H,23,24)/t16-,19+/m1/s1. The van der Waals surface area contributed by atoms with E-state index in [4.69, 9.17) is 0 Å². The summed E-state index contributed by atoms with van der Waals surface area (Å²) in [6, 6.07) is 7.28. The number of aliphatic hydroxyl groups is 1. The molecule has 2 atom stereocenters. The zero-order valence-corrected chi connectivity index (χ0v) is 16.6. The zero-order valence-electron chi connectivity index (χ0n) is 16.6. The van der Waals surface area contributed by atoms with Crippen LogP contribution in [0.5, 0.6) is 0 Å². The number of aliphatic hydroxyl groups excluding tert-OH is 1. The van der Waals surface area contributed by atoms with Gasteiger partial charge in [0, 0.05) is 49.9 Å². The lowest BCUT2D eigenvalue weighted by molar-refractivity contribution is -0.136. The molecule has 2 aromatic heterocycles.